The number of carbonyl (C=O) groups is 2. The molecule has 402 valence electrons. The van der Waals surface area contributed by atoms with Gasteiger partial charge in [-0.3, -0.25) is 9.59 Å². The molecule has 0 atom stereocenters. The molecule has 3 aromatic rings. The van der Waals surface area contributed by atoms with E-state index < -0.39 is 0 Å². The second kappa shape index (κ2) is 38.1. The van der Waals surface area contributed by atoms with Crippen LogP contribution in [-0.4, -0.2) is 48.2 Å². The van der Waals surface area contributed by atoms with Crippen molar-refractivity contribution in [3.05, 3.63) is 90.6 Å². The van der Waals surface area contributed by atoms with E-state index in [0.717, 1.165) is 0 Å². The Kier molecular flexibility index (Phi) is 41.4. The number of halogens is 3. The van der Waals surface area contributed by atoms with Crippen molar-refractivity contribution in [2.24, 2.45) is 10.8 Å². The van der Waals surface area contributed by atoms with E-state index in [0.29, 0.717) is 24.1 Å². The standard InChI is InChI=1S/C22H30I.C15H23S.2C7H14O2.C4H8S.2C2H6.CH4.I2/c1-11-13(3)17(7)21(18(8)14(11)4)23-22-19(9)15(5)12(2)16(6)20(22)10;1-10-11(2)13(4)15(14(5)12(10)3)16-8-6-7-9-16;2*1-5-9-6(8)7(2,3)4;1-2-4-5-3-1;2*1-2;;1-2/h1-10H3;6-9H2,1-5H3;2*5H2,1-4H3;1-4H2;2*1-2H3;1H4;/q-1;+1;;;;;;;. The van der Waals surface area contributed by atoms with Crippen molar-refractivity contribution >= 4 is 71.8 Å². The SMILES string of the molecule is C.C1CCSC1.CC.CC.CCOC(=O)C(C)(C)C.CCOC(=O)C(C)(C)C.Cc1c(C)c(C)c([I-]c2c(C)c(C)c(C)c(C)c2C)c(C)c1C.Cc1c(C)c(C)c([S+]2CCCC2)c(C)c1C.II. The molecule has 0 unspecified atom stereocenters. The summed E-state index contributed by atoms with van der Waals surface area (Å²) in [7, 11) is 0.557. The minimum absolute atomic E-state index is 0. The van der Waals surface area contributed by atoms with E-state index in [4.69, 9.17) is 9.47 Å². The Bertz CT molecular complexity index is 1790. The van der Waals surface area contributed by atoms with Gasteiger partial charge in [-0.05, 0) is 144 Å². The van der Waals surface area contributed by atoms with Crippen LogP contribution in [-0.2, 0) is 30.0 Å². The summed E-state index contributed by atoms with van der Waals surface area (Å²) >= 11 is 6.16. The molecule has 2 saturated heterocycles. The zero-order valence-corrected chi connectivity index (χ0v) is 56.8. The number of rotatable bonds is 5. The predicted octanol–water partition coefficient (Wildman–Crippen LogP) is 16.1. The van der Waals surface area contributed by atoms with Gasteiger partial charge in [-0.2, -0.15) is 11.8 Å². The maximum atomic E-state index is 10.8. The third-order valence-corrected chi connectivity index (χ3v) is 21.1. The molecule has 0 amide bonds. The van der Waals surface area contributed by atoms with Crippen LogP contribution in [0.1, 0.15) is 200 Å². The predicted molar refractivity (Wildman–Crippen MR) is 329 cm³/mol. The van der Waals surface area contributed by atoms with Crippen molar-refractivity contribution in [1.82, 2.24) is 0 Å². The summed E-state index contributed by atoms with van der Waals surface area (Å²) in [6, 6.07) is 0. The van der Waals surface area contributed by atoms with E-state index in [1.165, 1.54) is 121 Å². The van der Waals surface area contributed by atoms with Crippen LogP contribution in [0.3, 0.4) is 0 Å². The Morgan fingerprint density at radius 3 is 0.884 bits per heavy atom. The second-order valence-corrected chi connectivity index (χ2v) is 25.4. The van der Waals surface area contributed by atoms with Gasteiger partial charge in [0.2, 0.25) is 0 Å². The van der Waals surface area contributed by atoms with Gasteiger partial charge in [0.15, 0.2) is 4.90 Å². The Hall–Kier alpha value is -0.510. The van der Waals surface area contributed by atoms with Crippen molar-refractivity contribution in [2.45, 2.75) is 225 Å². The smallest absolute Gasteiger partial charge is 0.0444 e. The average molecular weight is 1340 g/mol. The van der Waals surface area contributed by atoms with Gasteiger partial charge < -0.3 is 9.47 Å². The van der Waals surface area contributed by atoms with E-state index in [2.05, 4.69) is 153 Å². The molecule has 2 fully saturated rings. The molecule has 0 spiro atoms. The number of ether oxygens (including phenoxy) is 2. The number of esters is 2. The minimum Gasteiger partial charge on any atom is -0.0444 e. The van der Waals surface area contributed by atoms with Crippen molar-refractivity contribution in [3.8, 4) is 0 Å². The molecule has 2 aliphatic heterocycles. The molecule has 4 nitrogen and oxygen atoms in total. The van der Waals surface area contributed by atoms with Crippen molar-refractivity contribution < 1.29 is 40.3 Å². The third kappa shape index (κ3) is 24.1. The fourth-order valence-electron chi connectivity index (χ4n) is 7.25. The molecule has 2 aliphatic rings. The molecular weight excluding hydrogens is 1230 g/mol. The molecular formula is C60H105I3O4S2. The molecule has 0 aromatic heterocycles. The van der Waals surface area contributed by atoms with E-state index in [-0.39, 0.29) is 51.4 Å². The van der Waals surface area contributed by atoms with Gasteiger partial charge in [-0.1, -0.05) is 35.1 Å². The first-order chi connectivity index (χ1) is 31.6. The van der Waals surface area contributed by atoms with E-state index in [1.54, 1.807) is 23.2 Å². The zero-order valence-electron chi connectivity index (χ0n) is 48.7. The van der Waals surface area contributed by atoms with Crippen molar-refractivity contribution in [1.29, 1.82) is 0 Å². The summed E-state index contributed by atoms with van der Waals surface area (Å²) in [5.74, 6) is 5.43. The quantitative estimate of drug-likeness (QED) is 0.145. The first-order valence-electron chi connectivity index (χ1n) is 25.2. The maximum absolute atomic E-state index is 10.8. The minimum atomic E-state index is -0.351. The monoisotopic (exact) mass is 1330 g/mol. The van der Waals surface area contributed by atoms with Gasteiger partial charge >= 0.3 is 165 Å². The van der Waals surface area contributed by atoms with Gasteiger partial charge in [-0.25, -0.2) is 0 Å². The second-order valence-electron chi connectivity index (χ2n) is 19.3. The van der Waals surface area contributed by atoms with Crippen LogP contribution < -0.4 is 21.2 Å². The van der Waals surface area contributed by atoms with Crippen LogP contribution in [0.2, 0.25) is 0 Å². The number of hydrogen-bond donors (Lipinski definition) is 0. The van der Waals surface area contributed by atoms with Gasteiger partial charge in [0.25, 0.3) is 0 Å². The number of benzene rings is 3. The first-order valence-corrected chi connectivity index (χ1v) is 36.3. The molecule has 69 heavy (non-hydrogen) atoms. The average Bonchev–Trinajstić information content (AvgIpc) is 4.09. The third-order valence-electron chi connectivity index (χ3n) is 12.9. The molecule has 2 heterocycles. The Morgan fingerprint density at radius 2 is 0.696 bits per heavy atom. The van der Waals surface area contributed by atoms with Gasteiger partial charge in [0, 0.05) is 59.3 Å². The van der Waals surface area contributed by atoms with E-state index >= 15 is 0 Å². The van der Waals surface area contributed by atoms with Crippen LogP contribution in [0.15, 0.2) is 4.90 Å². The Balaban J connectivity index is -0.000000400. The molecule has 9 heteroatoms. The fraction of sp³-hybridized carbons (Fsp3) is 0.667. The summed E-state index contributed by atoms with van der Waals surface area (Å²) in [5, 5.41) is 0. The Morgan fingerprint density at radius 1 is 0.464 bits per heavy atom. The van der Waals surface area contributed by atoms with Gasteiger partial charge in [-0.15, -0.1) is 0 Å². The number of hydrogen-bond acceptors (Lipinski definition) is 5. The van der Waals surface area contributed by atoms with E-state index in [9.17, 15) is 9.59 Å². The Labute approximate surface area is 470 Å². The normalized spacial score (nSPS) is 12.7. The fourth-order valence-corrected chi connectivity index (χ4v) is 14.9. The molecule has 0 aliphatic carbocycles. The summed E-state index contributed by atoms with van der Waals surface area (Å²) in [6.07, 6.45) is 5.80. The molecule has 3 aromatic carbocycles. The van der Waals surface area contributed by atoms with Crippen LogP contribution in [0.4, 0.5) is 0 Å². The summed E-state index contributed by atoms with van der Waals surface area (Å²) in [5.41, 5.74) is 22.0. The van der Waals surface area contributed by atoms with Crippen LogP contribution in [0, 0.1) is 122 Å². The van der Waals surface area contributed by atoms with Gasteiger partial charge in [0.05, 0.1) is 24.0 Å². The number of thioether (sulfide) groups is 1. The number of carbonyl (C=O) groups excluding carboxylic acids is 2. The van der Waals surface area contributed by atoms with Crippen LogP contribution in [0.5, 0.6) is 0 Å². The van der Waals surface area contributed by atoms with Crippen molar-refractivity contribution in [3.63, 3.8) is 0 Å². The van der Waals surface area contributed by atoms with Gasteiger partial charge in [0.1, 0.15) is 11.5 Å². The molecule has 0 bridgehead atoms. The largest absolute Gasteiger partial charge is 0.161 e. The van der Waals surface area contributed by atoms with Crippen LogP contribution >= 0.6 is 49.0 Å². The topological polar surface area (TPSA) is 52.6 Å². The zero-order chi connectivity index (χ0) is 54.0. The molecule has 0 radical (unpaired) electrons. The molecule has 5 rings (SSSR count). The maximum Gasteiger partial charge on any atom is 0.161 e. The van der Waals surface area contributed by atoms with E-state index in [1.807, 2.05) is 83.1 Å². The summed E-state index contributed by atoms with van der Waals surface area (Å²) < 4.78 is 12.8. The first kappa shape index (κ1) is 75.0. The summed E-state index contributed by atoms with van der Waals surface area (Å²) in [6.45, 7) is 58.1. The molecule has 0 saturated carbocycles. The summed E-state index contributed by atoms with van der Waals surface area (Å²) in [4.78, 5) is 23.4. The van der Waals surface area contributed by atoms with Crippen LogP contribution in [0.25, 0.3) is 0 Å². The molecule has 0 N–H and O–H groups in total. The van der Waals surface area contributed by atoms with Crippen molar-refractivity contribution in [2.75, 3.05) is 36.2 Å².